The summed E-state index contributed by atoms with van der Waals surface area (Å²) in [6, 6.07) is 17.6. The SMILES string of the molecule is COc1cc(C(=O)N(C)c2ccc(C)cc2OCCCCCC(=O)NCCN(C)C)ccc1NC(=O)c1ccccc1OCCCN. The summed E-state index contributed by atoms with van der Waals surface area (Å²) in [4.78, 5) is 42.4. The van der Waals surface area contributed by atoms with E-state index in [1.54, 1.807) is 49.5 Å². The van der Waals surface area contributed by atoms with Gasteiger partial charge in [0.15, 0.2) is 0 Å². The average Bonchev–Trinajstić information content (AvgIpc) is 3.06. The largest absolute Gasteiger partial charge is 0.495 e. The first-order chi connectivity index (χ1) is 22.6. The molecule has 0 aliphatic rings. The van der Waals surface area contributed by atoms with Crippen LogP contribution in [-0.4, -0.2) is 83.7 Å². The summed E-state index contributed by atoms with van der Waals surface area (Å²) < 4.78 is 17.4. The number of nitrogens with zero attached hydrogens (tertiary/aromatic N) is 2. The van der Waals surface area contributed by atoms with Crippen LogP contribution < -0.4 is 35.5 Å². The molecule has 0 saturated carbocycles. The molecule has 0 spiro atoms. The number of rotatable bonds is 19. The zero-order valence-corrected chi connectivity index (χ0v) is 28.3. The number of hydrogen-bond acceptors (Lipinski definition) is 8. The molecule has 3 rings (SSSR count). The van der Waals surface area contributed by atoms with Crippen LogP contribution >= 0.6 is 0 Å². The zero-order chi connectivity index (χ0) is 34.2. The van der Waals surface area contributed by atoms with Crippen LogP contribution in [0.15, 0.2) is 60.7 Å². The molecule has 47 heavy (non-hydrogen) atoms. The van der Waals surface area contributed by atoms with E-state index in [-0.39, 0.29) is 17.7 Å². The van der Waals surface area contributed by atoms with Gasteiger partial charge in [0.1, 0.15) is 17.2 Å². The van der Waals surface area contributed by atoms with E-state index >= 15 is 0 Å². The third kappa shape index (κ3) is 11.6. The fourth-order valence-electron chi connectivity index (χ4n) is 4.73. The number of amides is 3. The number of benzene rings is 3. The second-order valence-corrected chi connectivity index (χ2v) is 11.5. The first kappa shape index (κ1) is 36.9. The van der Waals surface area contributed by atoms with Gasteiger partial charge in [-0.15, -0.1) is 0 Å². The molecule has 3 aromatic carbocycles. The first-order valence-corrected chi connectivity index (χ1v) is 16.0. The van der Waals surface area contributed by atoms with Gasteiger partial charge in [0.25, 0.3) is 11.8 Å². The Balaban J connectivity index is 1.62. The number of aryl methyl sites for hydroxylation is 1. The van der Waals surface area contributed by atoms with Crippen LogP contribution in [0.25, 0.3) is 0 Å². The predicted octanol–water partition coefficient (Wildman–Crippen LogP) is 4.88. The minimum Gasteiger partial charge on any atom is -0.495 e. The van der Waals surface area contributed by atoms with Crippen molar-refractivity contribution < 1.29 is 28.6 Å². The van der Waals surface area contributed by atoms with Gasteiger partial charge < -0.3 is 40.4 Å². The number of anilines is 2. The molecular weight excluding hydrogens is 598 g/mol. The fraction of sp³-hybridized carbons (Fsp3) is 0.417. The van der Waals surface area contributed by atoms with Crippen molar-refractivity contribution in [3.63, 3.8) is 0 Å². The van der Waals surface area contributed by atoms with Crippen LogP contribution in [0.2, 0.25) is 0 Å². The van der Waals surface area contributed by atoms with Crippen molar-refractivity contribution in [2.45, 2.75) is 39.0 Å². The first-order valence-electron chi connectivity index (χ1n) is 16.0. The molecule has 0 fully saturated rings. The van der Waals surface area contributed by atoms with Gasteiger partial charge in [-0.05, 0) is 101 Å². The Kier molecular flexibility index (Phi) is 15.0. The molecule has 0 atom stereocenters. The molecule has 3 amide bonds. The number of ether oxygens (including phenoxy) is 3. The standard InChI is InChI=1S/C36H49N5O6/c1-26-15-18-30(33(24-26)47-22-10-6-7-14-34(42)38-20-21-40(2)3)41(4)36(44)27-16-17-29(32(25-27)45-5)39-35(43)28-12-8-9-13-31(28)46-23-11-19-37/h8-9,12-13,15-18,24-25H,6-7,10-11,14,19-23,37H2,1-5H3,(H,38,42)(H,39,43). The number of nitrogens with two attached hydrogens (primary N) is 1. The summed E-state index contributed by atoms with van der Waals surface area (Å²) in [5.41, 5.74) is 8.37. The summed E-state index contributed by atoms with van der Waals surface area (Å²) in [6.07, 6.45) is 3.58. The lowest BCUT2D eigenvalue weighted by Crippen LogP contribution is -2.31. The number of nitrogens with one attached hydrogen (secondary N) is 2. The van der Waals surface area contributed by atoms with Gasteiger partial charge in [-0.1, -0.05) is 18.2 Å². The monoisotopic (exact) mass is 647 g/mol. The highest BCUT2D eigenvalue weighted by molar-refractivity contribution is 6.09. The van der Waals surface area contributed by atoms with E-state index in [4.69, 9.17) is 19.9 Å². The van der Waals surface area contributed by atoms with Crippen LogP contribution in [0.1, 0.15) is 58.4 Å². The van der Waals surface area contributed by atoms with Gasteiger partial charge in [-0.25, -0.2) is 0 Å². The topological polar surface area (TPSA) is 135 Å². The Bertz CT molecular complexity index is 1480. The number of para-hydroxylation sites is 1. The summed E-state index contributed by atoms with van der Waals surface area (Å²) in [5.74, 6) is 0.827. The molecule has 0 saturated heterocycles. The van der Waals surface area contributed by atoms with Crippen molar-refractivity contribution in [1.82, 2.24) is 10.2 Å². The smallest absolute Gasteiger partial charge is 0.259 e. The Labute approximate surface area is 278 Å². The van der Waals surface area contributed by atoms with Gasteiger partial charge in [0.2, 0.25) is 5.91 Å². The van der Waals surface area contributed by atoms with E-state index < -0.39 is 0 Å². The maximum Gasteiger partial charge on any atom is 0.259 e. The predicted molar refractivity (Wildman–Crippen MR) is 186 cm³/mol. The average molecular weight is 648 g/mol. The van der Waals surface area contributed by atoms with Gasteiger partial charge in [0.05, 0.1) is 37.3 Å². The Morgan fingerprint density at radius 3 is 2.32 bits per heavy atom. The molecule has 254 valence electrons. The summed E-state index contributed by atoms with van der Waals surface area (Å²) in [6.45, 7) is 4.78. The lowest BCUT2D eigenvalue weighted by Gasteiger charge is -2.22. The molecule has 3 aromatic rings. The lowest BCUT2D eigenvalue weighted by molar-refractivity contribution is -0.121. The number of unbranched alkanes of at least 4 members (excludes halogenated alkanes) is 2. The van der Waals surface area contributed by atoms with Crippen molar-refractivity contribution in [1.29, 1.82) is 0 Å². The number of hydrogen-bond donors (Lipinski definition) is 3. The Morgan fingerprint density at radius 1 is 0.830 bits per heavy atom. The van der Waals surface area contributed by atoms with E-state index in [2.05, 4.69) is 10.6 Å². The molecule has 4 N–H and O–H groups in total. The molecular formula is C36H49N5O6. The zero-order valence-electron chi connectivity index (χ0n) is 28.3. The highest BCUT2D eigenvalue weighted by Gasteiger charge is 2.21. The molecule has 0 radical (unpaired) electrons. The molecule has 11 nitrogen and oxygen atoms in total. The number of methoxy groups -OCH3 is 1. The van der Waals surface area contributed by atoms with Crippen LogP contribution in [0.3, 0.4) is 0 Å². The van der Waals surface area contributed by atoms with Gasteiger partial charge in [-0.3, -0.25) is 14.4 Å². The third-order valence-corrected chi connectivity index (χ3v) is 7.40. The molecule has 0 bridgehead atoms. The number of likely N-dealkylation sites (N-methyl/N-ethyl adjacent to an activating group) is 1. The summed E-state index contributed by atoms with van der Waals surface area (Å²) in [5, 5.41) is 5.80. The van der Waals surface area contributed by atoms with Crippen molar-refractivity contribution in [2.24, 2.45) is 5.73 Å². The maximum absolute atomic E-state index is 13.6. The number of carbonyl (C=O) groups excluding carboxylic acids is 3. The molecule has 0 aromatic heterocycles. The molecule has 0 unspecified atom stereocenters. The van der Waals surface area contributed by atoms with Crippen molar-refractivity contribution >= 4 is 29.1 Å². The Morgan fingerprint density at radius 2 is 1.57 bits per heavy atom. The molecule has 11 heteroatoms. The highest BCUT2D eigenvalue weighted by Crippen LogP contribution is 2.32. The van der Waals surface area contributed by atoms with Gasteiger partial charge in [0, 0.05) is 32.1 Å². The lowest BCUT2D eigenvalue weighted by atomic mass is 10.1. The van der Waals surface area contributed by atoms with E-state index in [0.29, 0.717) is 78.9 Å². The number of carbonyl (C=O) groups is 3. The van der Waals surface area contributed by atoms with Crippen LogP contribution in [0.5, 0.6) is 17.2 Å². The van der Waals surface area contributed by atoms with E-state index in [9.17, 15) is 14.4 Å². The van der Waals surface area contributed by atoms with Crippen LogP contribution in [0.4, 0.5) is 11.4 Å². The van der Waals surface area contributed by atoms with Crippen molar-refractivity contribution in [2.75, 3.05) is 71.3 Å². The minimum atomic E-state index is -0.368. The fourth-order valence-corrected chi connectivity index (χ4v) is 4.73. The maximum atomic E-state index is 13.6. The summed E-state index contributed by atoms with van der Waals surface area (Å²) >= 11 is 0. The van der Waals surface area contributed by atoms with Crippen molar-refractivity contribution in [3.8, 4) is 17.2 Å². The summed E-state index contributed by atoms with van der Waals surface area (Å²) in [7, 11) is 7.12. The normalized spacial score (nSPS) is 10.8. The van der Waals surface area contributed by atoms with Gasteiger partial charge in [-0.2, -0.15) is 0 Å². The van der Waals surface area contributed by atoms with E-state index in [1.807, 2.05) is 44.1 Å². The van der Waals surface area contributed by atoms with Crippen LogP contribution in [0, 0.1) is 6.92 Å². The van der Waals surface area contributed by atoms with E-state index in [0.717, 1.165) is 31.4 Å². The second-order valence-electron chi connectivity index (χ2n) is 11.5. The molecule has 0 aliphatic carbocycles. The van der Waals surface area contributed by atoms with Crippen LogP contribution in [-0.2, 0) is 4.79 Å². The van der Waals surface area contributed by atoms with E-state index in [1.165, 1.54) is 12.0 Å². The minimum absolute atomic E-state index is 0.0647. The second kappa shape index (κ2) is 19.1. The quantitative estimate of drug-likeness (QED) is 0.157. The van der Waals surface area contributed by atoms with Gasteiger partial charge >= 0.3 is 0 Å². The molecule has 0 heterocycles. The molecule has 0 aliphatic heterocycles. The highest BCUT2D eigenvalue weighted by atomic mass is 16.5. The Hall–Kier alpha value is -4.61. The van der Waals surface area contributed by atoms with Crippen molar-refractivity contribution in [3.05, 3.63) is 77.4 Å². The third-order valence-electron chi connectivity index (χ3n) is 7.40.